The van der Waals surface area contributed by atoms with Crippen LogP contribution in [-0.4, -0.2) is 61.3 Å². The molecule has 1 atom stereocenters. The first-order valence-corrected chi connectivity index (χ1v) is 12.3. The number of ether oxygens (including phenoxy) is 2. The minimum Gasteiger partial charge on any atom is -0.379 e. The maximum Gasteiger partial charge on any atom is 0.243 e. The Bertz CT molecular complexity index is 1200. The van der Waals surface area contributed by atoms with E-state index in [-0.39, 0.29) is 11.0 Å². The van der Waals surface area contributed by atoms with Gasteiger partial charge in [0.25, 0.3) is 0 Å². The van der Waals surface area contributed by atoms with Crippen LogP contribution in [0.15, 0.2) is 47.4 Å². The summed E-state index contributed by atoms with van der Waals surface area (Å²) in [6.07, 6.45) is 2.16. The van der Waals surface area contributed by atoms with Gasteiger partial charge in [-0.05, 0) is 43.2 Å². The summed E-state index contributed by atoms with van der Waals surface area (Å²) in [6, 6.07) is 12.7. The van der Waals surface area contributed by atoms with Gasteiger partial charge in [-0.3, -0.25) is 0 Å². The quantitative estimate of drug-likeness (QED) is 0.581. The minimum absolute atomic E-state index is 0.118. The molecule has 3 aromatic rings. The molecule has 7 nitrogen and oxygen atoms in total. The van der Waals surface area contributed by atoms with Gasteiger partial charge in [-0.25, -0.2) is 13.4 Å². The van der Waals surface area contributed by atoms with E-state index in [4.69, 9.17) is 26.1 Å². The van der Waals surface area contributed by atoms with Gasteiger partial charge >= 0.3 is 0 Å². The molecule has 0 bridgehead atoms. The molecule has 5 rings (SSSR count). The molecule has 3 heterocycles. The summed E-state index contributed by atoms with van der Waals surface area (Å²) in [4.78, 5) is 5.08. The highest BCUT2D eigenvalue weighted by Gasteiger charge is 2.28. The maximum atomic E-state index is 13.1. The number of rotatable bonds is 5. The molecule has 1 aromatic heterocycles. The molecule has 9 heteroatoms. The van der Waals surface area contributed by atoms with Crippen molar-refractivity contribution in [2.75, 3.05) is 32.9 Å². The van der Waals surface area contributed by atoms with Crippen molar-refractivity contribution in [3.63, 3.8) is 0 Å². The van der Waals surface area contributed by atoms with E-state index < -0.39 is 10.0 Å². The highest BCUT2D eigenvalue weighted by Crippen LogP contribution is 2.30. The first-order chi connectivity index (χ1) is 15.0. The predicted molar refractivity (Wildman–Crippen MR) is 119 cm³/mol. The van der Waals surface area contributed by atoms with E-state index in [1.165, 1.54) is 4.31 Å². The smallest absolute Gasteiger partial charge is 0.243 e. The number of benzene rings is 2. The number of fused-ring (bicyclic) bond motifs is 1. The second kappa shape index (κ2) is 8.52. The largest absolute Gasteiger partial charge is 0.379 e. The van der Waals surface area contributed by atoms with Crippen LogP contribution in [0.1, 0.15) is 12.8 Å². The summed E-state index contributed by atoms with van der Waals surface area (Å²) in [5.41, 5.74) is 2.41. The van der Waals surface area contributed by atoms with Crippen LogP contribution < -0.4 is 0 Å². The molecule has 31 heavy (non-hydrogen) atoms. The summed E-state index contributed by atoms with van der Waals surface area (Å²) in [5.74, 6) is 0.758. The summed E-state index contributed by atoms with van der Waals surface area (Å²) in [5, 5.41) is 0.629. The van der Waals surface area contributed by atoms with Gasteiger partial charge in [0.2, 0.25) is 10.0 Å². The van der Waals surface area contributed by atoms with Crippen LogP contribution in [0.4, 0.5) is 0 Å². The van der Waals surface area contributed by atoms with Crippen LogP contribution in [-0.2, 0) is 26.0 Å². The molecular weight excluding hydrogens is 438 g/mol. The topological polar surface area (TPSA) is 73.7 Å². The van der Waals surface area contributed by atoms with Crippen LogP contribution in [0.2, 0.25) is 5.02 Å². The van der Waals surface area contributed by atoms with Crippen LogP contribution in [0.25, 0.3) is 22.4 Å². The molecular formula is C22H24ClN3O4S. The normalized spacial score (nSPS) is 20.5. The van der Waals surface area contributed by atoms with Crippen molar-refractivity contribution < 1.29 is 17.9 Å². The van der Waals surface area contributed by atoms with Crippen molar-refractivity contribution in [2.45, 2.75) is 30.4 Å². The van der Waals surface area contributed by atoms with Crippen LogP contribution in [0, 0.1) is 0 Å². The molecule has 2 aliphatic heterocycles. The second-order valence-electron chi connectivity index (χ2n) is 7.86. The summed E-state index contributed by atoms with van der Waals surface area (Å²) >= 11 is 6.23. The molecule has 1 unspecified atom stereocenters. The fraction of sp³-hybridized carbons (Fsp3) is 0.409. The number of hydrogen-bond acceptors (Lipinski definition) is 5. The second-order valence-corrected chi connectivity index (χ2v) is 10.2. The average Bonchev–Trinajstić information content (AvgIpc) is 3.42. The van der Waals surface area contributed by atoms with Gasteiger partial charge < -0.3 is 14.0 Å². The fourth-order valence-corrected chi connectivity index (χ4v) is 5.85. The van der Waals surface area contributed by atoms with E-state index in [1.54, 1.807) is 12.1 Å². The van der Waals surface area contributed by atoms with E-state index in [0.717, 1.165) is 36.4 Å². The Labute approximate surface area is 186 Å². The maximum absolute atomic E-state index is 13.1. The van der Waals surface area contributed by atoms with E-state index in [9.17, 15) is 8.42 Å². The SMILES string of the molecule is O=S(=O)(c1ccc2c(c1)nc(-c1cccc(Cl)c1)n2CC1CCCO1)N1CCOCC1. The van der Waals surface area contributed by atoms with Crippen molar-refractivity contribution in [2.24, 2.45) is 0 Å². The lowest BCUT2D eigenvalue weighted by molar-refractivity contribution is 0.0730. The Morgan fingerprint density at radius 1 is 1.10 bits per heavy atom. The highest BCUT2D eigenvalue weighted by molar-refractivity contribution is 7.89. The molecule has 164 valence electrons. The number of hydrogen-bond donors (Lipinski definition) is 0. The molecule has 0 spiro atoms. The molecule has 2 aromatic carbocycles. The zero-order valence-corrected chi connectivity index (χ0v) is 18.6. The van der Waals surface area contributed by atoms with Gasteiger partial charge in [-0.1, -0.05) is 23.7 Å². The lowest BCUT2D eigenvalue weighted by Crippen LogP contribution is -2.40. The first kappa shape index (κ1) is 20.9. The van der Waals surface area contributed by atoms with Crippen molar-refractivity contribution in [3.05, 3.63) is 47.5 Å². The van der Waals surface area contributed by atoms with Gasteiger partial charge in [-0.2, -0.15) is 4.31 Å². The van der Waals surface area contributed by atoms with Crippen LogP contribution in [0.5, 0.6) is 0 Å². The van der Waals surface area contributed by atoms with Gasteiger partial charge in [0, 0.05) is 30.3 Å². The number of halogens is 1. The lowest BCUT2D eigenvalue weighted by Gasteiger charge is -2.26. The van der Waals surface area contributed by atoms with E-state index in [1.807, 2.05) is 30.3 Å². The number of morpholine rings is 1. The van der Waals surface area contributed by atoms with E-state index in [0.29, 0.717) is 43.4 Å². The standard InChI is InChI=1S/C22H24ClN3O4S/c23-17-4-1-3-16(13-17)22-24-20-14-19(31(27,28)25-8-11-29-12-9-25)6-7-21(20)26(22)15-18-5-2-10-30-18/h1,3-4,6-7,13-14,18H,2,5,8-12,15H2. The van der Waals surface area contributed by atoms with Crippen LogP contribution >= 0.6 is 11.6 Å². The zero-order chi connectivity index (χ0) is 21.4. The Kier molecular flexibility index (Phi) is 5.75. The predicted octanol–water partition coefficient (Wildman–Crippen LogP) is 3.56. The zero-order valence-electron chi connectivity index (χ0n) is 17.0. The fourth-order valence-electron chi connectivity index (χ4n) is 4.23. The monoisotopic (exact) mass is 461 g/mol. The third-order valence-electron chi connectivity index (χ3n) is 5.82. The molecule has 0 amide bonds. The average molecular weight is 462 g/mol. The van der Waals surface area contributed by atoms with Gasteiger partial charge in [-0.15, -0.1) is 0 Å². The van der Waals surface area contributed by atoms with Crippen molar-refractivity contribution in [1.82, 2.24) is 13.9 Å². The molecule has 0 aliphatic carbocycles. The number of nitrogens with zero attached hydrogens (tertiary/aromatic N) is 3. The summed E-state index contributed by atoms with van der Waals surface area (Å²) in [6.45, 7) is 2.98. The number of sulfonamides is 1. The van der Waals surface area contributed by atoms with Crippen molar-refractivity contribution >= 4 is 32.7 Å². The Morgan fingerprint density at radius 2 is 1.94 bits per heavy atom. The van der Waals surface area contributed by atoms with Crippen molar-refractivity contribution in [1.29, 1.82) is 0 Å². The van der Waals surface area contributed by atoms with Crippen molar-refractivity contribution in [3.8, 4) is 11.4 Å². The molecule has 2 fully saturated rings. The Balaban J connectivity index is 1.60. The summed E-state index contributed by atoms with van der Waals surface area (Å²) in [7, 11) is -3.59. The number of aromatic nitrogens is 2. The van der Waals surface area contributed by atoms with Gasteiger partial charge in [0.05, 0.1) is 41.8 Å². The van der Waals surface area contributed by atoms with E-state index >= 15 is 0 Å². The highest BCUT2D eigenvalue weighted by atomic mass is 35.5. The molecule has 2 aliphatic rings. The van der Waals surface area contributed by atoms with E-state index in [2.05, 4.69) is 4.57 Å². The van der Waals surface area contributed by atoms with Crippen LogP contribution in [0.3, 0.4) is 0 Å². The third-order valence-corrected chi connectivity index (χ3v) is 7.95. The van der Waals surface area contributed by atoms with Gasteiger partial charge in [0.1, 0.15) is 5.82 Å². The summed E-state index contributed by atoms with van der Waals surface area (Å²) < 4.78 is 41.0. The molecule has 2 saturated heterocycles. The Hall–Kier alpha value is -1.97. The van der Waals surface area contributed by atoms with Gasteiger partial charge in [0.15, 0.2) is 0 Å². The lowest BCUT2D eigenvalue weighted by atomic mass is 10.2. The number of imidazole rings is 1. The first-order valence-electron chi connectivity index (χ1n) is 10.5. The molecule has 0 N–H and O–H groups in total. The Morgan fingerprint density at radius 3 is 2.68 bits per heavy atom. The third kappa shape index (κ3) is 4.10. The molecule has 0 saturated carbocycles. The molecule has 0 radical (unpaired) electrons. The minimum atomic E-state index is -3.59.